The van der Waals surface area contributed by atoms with Gasteiger partial charge < -0.3 is 10.1 Å². The van der Waals surface area contributed by atoms with Gasteiger partial charge in [0.15, 0.2) is 0 Å². The topological polar surface area (TPSA) is 56.1 Å². The minimum atomic E-state index is -0.0933. The lowest BCUT2D eigenvalue weighted by Crippen LogP contribution is -2.22. The maximum atomic E-state index is 12.3. The number of carbonyl (C=O) groups is 1. The van der Waals surface area contributed by atoms with Crippen molar-refractivity contribution >= 4 is 21.8 Å². The van der Waals surface area contributed by atoms with E-state index >= 15 is 0 Å². The highest BCUT2D eigenvalue weighted by Gasteiger charge is 2.06. The van der Waals surface area contributed by atoms with Crippen LogP contribution in [0.1, 0.15) is 21.5 Å². The van der Waals surface area contributed by atoms with Crippen LogP contribution in [0.4, 0.5) is 0 Å². The van der Waals surface area contributed by atoms with E-state index in [1.165, 1.54) is 0 Å². The van der Waals surface area contributed by atoms with Crippen LogP contribution in [0, 0.1) is 0 Å². The summed E-state index contributed by atoms with van der Waals surface area (Å²) < 4.78 is 7.91. The number of ether oxygens (including phenoxy) is 1. The SMILES string of the molecule is COc1ccc(CNC(=O)c2ccc(Cn3cc(Br)cn3)cc2)cc1. The molecular formula is C19H18BrN3O2. The van der Waals surface area contributed by atoms with Gasteiger partial charge in [-0.2, -0.15) is 5.10 Å². The molecule has 5 nitrogen and oxygen atoms in total. The van der Waals surface area contributed by atoms with Crippen LogP contribution in [-0.4, -0.2) is 22.8 Å². The number of carbonyl (C=O) groups excluding carboxylic acids is 1. The second-order valence-electron chi connectivity index (χ2n) is 5.58. The van der Waals surface area contributed by atoms with Gasteiger partial charge in [0, 0.05) is 18.3 Å². The Morgan fingerprint density at radius 3 is 2.40 bits per heavy atom. The highest BCUT2D eigenvalue weighted by Crippen LogP contribution is 2.12. The van der Waals surface area contributed by atoms with Gasteiger partial charge >= 0.3 is 0 Å². The first-order valence-electron chi connectivity index (χ1n) is 7.82. The first-order chi connectivity index (χ1) is 12.1. The van der Waals surface area contributed by atoms with Crippen molar-refractivity contribution in [1.82, 2.24) is 15.1 Å². The Hall–Kier alpha value is -2.60. The van der Waals surface area contributed by atoms with Crippen LogP contribution < -0.4 is 10.1 Å². The van der Waals surface area contributed by atoms with Crippen molar-refractivity contribution in [3.05, 3.63) is 82.1 Å². The Morgan fingerprint density at radius 2 is 1.80 bits per heavy atom. The zero-order valence-corrected chi connectivity index (χ0v) is 15.4. The number of methoxy groups -OCH3 is 1. The summed E-state index contributed by atoms with van der Waals surface area (Å²) in [6, 6.07) is 15.2. The normalized spacial score (nSPS) is 10.5. The first-order valence-corrected chi connectivity index (χ1v) is 8.61. The summed E-state index contributed by atoms with van der Waals surface area (Å²) in [5.74, 6) is 0.707. The maximum Gasteiger partial charge on any atom is 0.251 e. The minimum Gasteiger partial charge on any atom is -0.497 e. The Balaban J connectivity index is 1.56. The molecule has 1 amide bonds. The molecule has 0 saturated heterocycles. The number of nitrogens with zero attached hydrogens (tertiary/aromatic N) is 2. The van der Waals surface area contributed by atoms with E-state index in [1.807, 2.05) is 59.4 Å². The van der Waals surface area contributed by atoms with Gasteiger partial charge in [-0.15, -0.1) is 0 Å². The molecule has 0 spiro atoms. The zero-order chi connectivity index (χ0) is 17.6. The highest BCUT2D eigenvalue weighted by molar-refractivity contribution is 9.10. The molecule has 128 valence electrons. The summed E-state index contributed by atoms with van der Waals surface area (Å²) in [5.41, 5.74) is 2.75. The number of nitrogens with one attached hydrogen (secondary N) is 1. The fraction of sp³-hybridized carbons (Fsp3) is 0.158. The van der Waals surface area contributed by atoms with E-state index in [0.29, 0.717) is 18.7 Å². The first kappa shape index (κ1) is 17.2. The predicted molar refractivity (Wildman–Crippen MR) is 99.6 cm³/mol. The number of benzene rings is 2. The highest BCUT2D eigenvalue weighted by atomic mass is 79.9. The fourth-order valence-corrected chi connectivity index (χ4v) is 2.73. The molecule has 0 bridgehead atoms. The molecule has 1 aromatic heterocycles. The van der Waals surface area contributed by atoms with Crippen molar-refractivity contribution in [2.45, 2.75) is 13.1 Å². The standard InChI is InChI=1S/C19H18BrN3O2/c1-25-18-8-4-14(5-9-18)10-21-19(24)16-6-2-15(3-7-16)12-23-13-17(20)11-22-23/h2-9,11,13H,10,12H2,1H3,(H,21,24). The van der Waals surface area contributed by atoms with Crippen molar-refractivity contribution < 1.29 is 9.53 Å². The van der Waals surface area contributed by atoms with Gasteiger partial charge in [-0.3, -0.25) is 9.48 Å². The Labute approximate surface area is 154 Å². The third-order valence-corrected chi connectivity index (χ3v) is 4.18. The third kappa shape index (κ3) is 4.70. The number of rotatable bonds is 6. The van der Waals surface area contributed by atoms with E-state index in [1.54, 1.807) is 13.3 Å². The molecule has 2 aromatic carbocycles. The second kappa shape index (κ2) is 7.98. The smallest absolute Gasteiger partial charge is 0.251 e. The van der Waals surface area contributed by atoms with Gasteiger partial charge in [-0.1, -0.05) is 24.3 Å². The molecular weight excluding hydrogens is 382 g/mol. The largest absolute Gasteiger partial charge is 0.497 e. The Bertz CT molecular complexity index is 842. The van der Waals surface area contributed by atoms with Crippen molar-refractivity contribution in [2.24, 2.45) is 0 Å². The van der Waals surface area contributed by atoms with Crippen LogP contribution >= 0.6 is 15.9 Å². The molecule has 0 unspecified atom stereocenters. The Morgan fingerprint density at radius 1 is 1.12 bits per heavy atom. The average molecular weight is 400 g/mol. The van der Waals surface area contributed by atoms with Crippen molar-refractivity contribution in [2.75, 3.05) is 7.11 Å². The van der Waals surface area contributed by atoms with Crippen LogP contribution in [0.15, 0.2) is 65.4 Å². The number of hydrogen-bond donors (Lipinski definition) is 1. The summed E-state index contributed by atoms with van der Waals surface area (Å²) in [6.07, 6.45) is 3.66. The lowest BCUT2D eigenvalue weighted by Gasteiger charge is -2.07. The van der Waals surface area contributed by atoms with Gasteiger partial charge in [0.1, 0.15) is 5.75 Å². The summed E-state index contributed by atoms with van der Waals surface area (Å²) in [6.45, 7) is 1.14. The van der Waals surface area contributed by atoms with Gasteiger partial charge in [-0.05, 0) is 51.3 Å². The lowest BCUT2D eigenvalue weighted by molar-refractivity contribution is 0.0951. The van der Waals surface area contributed by atoms with Crippen molar-refractivity contribution in [1.29, 1.82) is 0 Å². The molecule has 0 saturated carbocycles. The third-order valence-electron chi connectivity index (χ3n) is 3.77. The van der Waals surface area contributed by atoms with Gasteiger partial charge in [0.25, 0.3) is 5.91 Å². The van der Waals surface area contributed by atoms with E-state index in [9.17, 15) is 4.79 Å². The Kier molecular flexibility index (Phi) is 5.50. The van der Waals surface area contributed by atoms with Gasteiger partial charge in [0.05, 0.1) is 24.3 Å². The maximum absolute atomic E-state index is 12.3. The monoisotopic (exact) mass is 399 g/mol. The van der Waals surface area contributed by atoms with Crippen LogP contribution in [0.3, 0.4) is 0 Å². The van der Waals surface area contributed by atoms with Crippen molar-refractivity contribution in [3.8, 4) is 5.75 Å². The summed E-state index contributed by atoms with van der Waals surface area (Å²) in [5, 5.41) is 7.15. The van der Waals surface area contributed by atoms with Crippen LogP contribution in [0.5, 0.6) is 5.75 Å². The molecule has 1 N–H and O–H groups in total. The van der Waals surface area contributed by atoms with E-state index in [4.69, 9.17) is 4.74 Å². The molecule has 0 aliphatic rings. The summed E-state index contributed by atoms with van der Waals surface area (Å²) in [7, 11) is 1.63. The molecule has 1 heterocycles. The number of aromatic nitrogens is 2. The van der Waals surface area contributed by atoms with Crippen LogP contribution in [0.25, 0.3) is 0 Å². The molecule has 3 aromatic rings. The fourth-order valence-electron chi connectivity index (χ4n) is 2.40. The predicted octanol–water partition coefficient (Wildman–Crippen LogP) is 3.63. The number of halogens is 1. The molecule has 3 rings (SSSR count). The zero-order valence-electron chi connectivity index (χ0n) is 13.8. The van der Waals surface area contributed by atoms with E-state index in [2.05, 4.69) is 26.3 Å². The van der Waals surface area contributed by atoms with Gasteiger partial charge in [-0.25, -0.2) is 0 Å². The molecule has 6 heteroatoms. The molecule has 0 radical (unpaired) electrons. The van der Waals surface area contributed by atoms with E-state index in [-0.39, 0.29) is 5.91 Å². The van der Waals surface area contributed by atoms with E-state index in [0.717, 1.165) is 21.3 Å². The van der Waals surface area contributed by atoms with Crippen LogP contribution in [-0.2, 0) is 13.1 Å². The van der Waals surface area contributed by atoms with Crippen molar-refractivity contribution in [3.63, 3.8) is 0 Å². The number of hydrogen-bond acceptors (Lipinski definition) is 3. The molecule has 25 heavy (non-hydrogen) atoms. The molecule has 0 aliphatic carbocycles. The average Bonchev–Trinajstić information content (AvgIpc) is 3.05. The summed E-state index contributed by atoms with van der Waals surface area (Å²) >= 11 is 3.38. The van der Waals surface area contributed by atoms with E-state index < -0.39 is 0 Å². The molecule has 0 fully saturated rings. The summed E-state index contributed by atoms with van der Waals surface area (Å²) in [4.78, 5) is 12.3. The van der Waals surface area contributed by atoms with Crippen LogP contribution in [0.2, 0.25) is 0 Å². The molecule has 0 atom stereocenters. The minimum absolute atomic E-state index is 0.0933. The lowest BCUT2D eigenvalue weighted by atomic mass is 10.1. The van der Waals surface area contributed by atoms with Gasteiger partial charge in [0.2, 0.25) is 0 Å². The second-order valence-corrected chi connectivity index (χ2v) is 6.50. The molecule has 0 aliphatic heterocycles. The quantitative estimate of drug-likeness (QED) is 0.688. The number of amides is 1.